The fourth-order valence-corrected chi connectivity index (χ4v) is 3.94. The molecule has 1 aliphatic heterocycles. The van der Waals surface area contributed by atoms with Gasteiger partial charge in [0.1, 0.15) is 0 Å². The van der Waals surface area contributed by atoms with Crippen molar-refractivity contribution in [3.8, 4) is 0 Å². The molecule has 1 saturated heterocycles. The second-order valence-electron chi connectivity index (χ2n) is 5.81. The summed E-state index contributed by atoms with van der Waals surface area (Å²) in [4.78, 5) is 1.87. The number of benzene rings is 2. The maximum absolute atomic E-state index is 13.4. The molecule has 0 saturated carbocycles. The van der Waals surface area contributed by atoms with Gasteiger partial charge in [0.2, 0.25) is 0 Å². The lowest BCUT2D eigenvalue weighted by atomic mass is 10.2. The lowest BCUT2D eigenvalue weighted by Crippen LogP contribution is -2.43. The van der Waals surface area contributed by atoms with E-state index in [0.29, 0.717) is 11.8 Å². The Hall–Kier alpha value is -2.19. The summed E-state index contributed by atoms with van der Waals surface area (Å²) < 4.78 is 53.0. The summed E-state index contributed by atoms with van der Waals surface area (Å²) in [6.07, 6.45) is 0. The molecular weight excluding hydrogens is 348 g/mol. The average Bonchev–Trinajstić information content (AvgIpc) is 2.64. The molecule has 0 aromatic heterocycles. The van der Waals surface area contributed by atoms with Gasteiger partial charge < -0.3 is 10.2 Å². The number of piperazine rings is 1. The Kier molecular flexibility index (Phi) is 4.91. The molecule has 0 radical (unpaired) electrons. The Morgan fingerprint density at radius 3 is 2.44 bits per heavy atom. The molecule has 0 aliphatic carbocycles. The van der Waals surface area contributed by atoms with Crippen molar-refractivity contribution in [3.63, 3.8) is 0 Å². The van der Waals surface area contributed by atoms with E-state index >= 15 is 0 Å². The highest BCUT2D eigenvalue weighted by molar-refractivity contribution is 7.92. The van der Waals surface area contributed by atoms with Gasteiger partial charge >= 0.3 is 0 Å². The molecule has 0 amide bonds. The van der Waals surface area contributed by atoms with Gasteiger partial charge in [-0.3, -0.25) is 4.31 Å². The van der Waals surface area contributed by atoms with Crippen LogP contribution in [0.1, 0.15) is 0 Å². The molecule has 1 fully saturated rings. The van der Waals surface area contributed by atoms with E-state index in [1.807, 2.05) is 6.07 Å². The van der Waals surface area contributed by atoms with E-state index < -0.39 is 21.7 Å². The number of rotatable bonds is 4. The standard InChI is InChI=1S/C17H19F2N3O2S/c1-21(25(23,24)15-5-6-16(18)17(19)12-15)13-3-2-4-14(11-13)22-9-7-20-8-10-22/h2-6,11-12,20H,7-10H2,1H3. The largest absolute Gasteiger partial charge is 0.369 e. The third-order valence-electron chi connectivity index (χ3n) is 4.22. The molecule has 25 heavy (non-hydrogen) atoms. The minimum atomic E-state index is -3.98. The van der Waals surface area contributed by atoms with Crippen molar-refractivity contribution in [3.05, 3.63) is 54.1 Å². The number of sulfonamides is 1. The summed E-state index contributed by atoms with van der Waals surface area (Å²) in [6.45, 7) is 3.41. The second-order valence-corrected chi connectivity index (χ2v) is 7.77. The molecule has 5 nitrogen and oxygen atoms in total. The van der Waals surface area contributed by atoms with Crippen molar-refractivity contribution in [1.29, 1.82) is 0 Å². The minimum Gasteiger partial charge on any atom is -0.369 e. The van der Waals surface area contributed by atoms with Gasteiger partial charge in [0.15, 0.2) is 11.6 Å². The van der Waals surface area contributed by atoms with Gasteiger partial charge in [-0.25, -0.2) is 17.2 Å². The van der Waals surface area contributed by atoms with Crippen molar-refractivity contribution < 1.29 is 17.2 Å². The van der Waals surface area contributed by atoms with Crippen molar-refractivity contribution in [1.82, 2.24) is 5.32 Å². The van der Waals surface area contributed by atoms with Gasteiger partial charge in [0, 0.05) is 38.9 Å². The molecule has 0 unspecified atom stereocenters. The van der Waals surface area contributed by atoms with Crippen molar-refractivity contribution >= 4 is 21.4 Å². The number of nitrogens with zero attached hydrogens (tertiary/aromatic N) is 2. The Morgan fingerprint density at radius 1 is 1.04 bits per heavy atom. The van der Waals surface area contributed by atoms with E-state index in [1.165, 1.54) is 7.05 Å². The summed E-state index contributed by atoms with van der Waals surface area (Å²) in [5, 5.41) is 3.26. The lowest BCUT2D eigenvalue weighted by molar-refractivity contribution is 0.504. The highest BCUT2D eigenvalue weighted by atomic mass is 32.2. The SMILES string of the molecule is CN(c1cccc(N2CCNCC2)c1)S(=O)(=O)c1ccc(F)c(F)c1. The van der Waals surface area contributed by atoms with Gasteiger partial charge in [0.25, 0.3) is 10.0 Å². The minimum absolute atomic E-state index is 0.290. The van der Waals surface area contributed by atoms with Crippen LogP contribution in [0.4, 0.5) is 20.2 Å². The molecule has 1 heterocycles. The molecular formula is C17H19F2N3O2S. The van der Waals surface area contributed by atoms with Crippen LogP contribution >= 0.6 is 0 Å². The van der Waals surface area contributed by atoms with Gasteiger partial charge in [-0.2, -0.15) is 0 Å². The van der Waals surface area contributed by atoms with Crippen LogP contribution in [-0.4, -0.2) is 41.6 Å². The van der Waals surface area contributed by atoms with Crippen molar-refractivity contribution in [2.75, 3.05) is 42.4 Å². The first kappa shape index (κ1) is 17.6. The fraction of sp³-hybridized carbons (Fsp3) is 0.294. The van der Waals surface area contributed by atoms with Crippen LogP contribution in [-0.2, 0) is 10.0 Å². The number of hydrogen-bond acceptors (Lipinski definition) is 4. The molecule has 1 N–H and O–H groups in total. The number of halogens is 2. The molecule has 0 atom stereocenters. The van der Waals surface area contributed by atoms with Gasteiger partial charge in [0.05, 0.1) is 10.6 Å². The van der Waals surface area contributed by atoms with Crippen LogP contribution in [0.25, 0.3) is 0 Å². The Morgan fingerprint density at radius 2 is 1.76 bits per heavy atom. The van der Waals surface area contributed by atoms with Crippen LogP contribution in [0.5, 0.6) is 0 Å². The third-order valence-corrected chi connectivity index (χ3v) is 6.01. The smallest absolute Gasteiger partial charge is 0.264 e. The quantitative estimate of drug-likeness (QED) is 0.900. The molecule has 0 spiro atoms. The van der Waals surface area contributed by atoms with Crippen LogP contribution in [0.15, 0.2) is 47.4 Å². The molecule has 8 heteroatoms. The van der Waals surface area contributed by atoms with E-state index in [9.17, 15) is 17.2 Å². The zero-order valence-corrected chi connectivity index (χ0v) is 14.6. The summed E-state index contributed by atoms with van der Waals surface area (Å²) >= 11 is 0. The first-order valence-electron chi connectivity index (χ1n) is 7.89. The highest BCUT2D eigenvalue weighted by Gasteiger charge is 2.23. The Bertz CT molecular complexity index is 868. The fourth-order valence-electron chi connectivity index (χ4n) is 2.74. The van der Waals surface area contributed by atoms with Crippen molar-refractivity contribution in [2.24, 2.45) is 0 Å². The summed E-state index contributed by atoms with van der Waals surface area (Å²) in [5.41, 5.74) is 1.38. The number of anilines is 2. The van der Waals surface area contributed by atoms with Gasteiger partial charge in [-0.05, 0) is 36.4 Å². The Labute approximate surface area is 145 Å². The summed E-state index contributed by atoms with van der Waals surface area (Å²) in [7, 11) is -2.59. The molecule has 1 aliphatic rings. The zero-order chi connectivity index (χ0) is 18.0. The predicted molar refractivity (Wildman–Crippen MR) is 93.5 cm³/mol. The van der Waals surface area contributed by atoms with E-state index in [2.05, 4.69) is 10.2 Å². The van der Waals surface area contributed by atoms with Crippen molar-refractivity contribution in [2.45, 2.75) is 4.90 Å². The maximum atomic E-state index is 13.4. The van der Waals surface area contributed by atoms with Gasteiger partial charge in [-0.1, -0.05) is 6.07 Å². The van der Waals surface area contributed by atoms with E-state index in [1.54, 1.807) is 18.2 Å². The Balaban J connectivity index is 1.91. The number of hydrogen-bond donors (Lipinski definition) is 1. The number of nitrogens with one attached hydrogen (secondary N) is 1. The van der Waals surface area contributed by atoms with Crippen LogP contribution in [0.3, 0.4) is 0 Å². The topological polar surface area (TPSA) is 52.6 Å². The molecule has 0 bridgehead atoms. The molecule has 134 valence electrons. The normalized spacial score (nSPS) is 15.2. The summed E-state index contributed by atoms with van der Waals surface area (Å²) in [6, 6.07) is 9.72. The maximum Gasteiger partial charge on any atom is 0.264 e. The molecule has 2 aromatic rings. The van der Waals surface area contributed by atoms with Crippen LogP contribution in [0, 0.1) is 11.6 Å². The van der Waals surface area contributed by atoms with Crippen LogP contribution in [0.2, 0.25) is 0 Å². The van der Waals surface area contributed by atoms with Gasteiger partial charge in [-0.15, -0.1) is 0 Å². The lowest BCUT2D eigenvalue weighted by Gasteiger charge is -2.30. The predicted octanol–water partition coefficient (Wildman–Crippen LogP) is 2.20. The zero-order valence-electron chi connectivity index (χ0n) is 13.7. The van der Waals surface area contributed by atoms with E-state index in [-0.39, 0.29) is 4.90 Å². The monoisotopic (exact) mass is 367 g/mol. The average molecular weight is 367 g/mol. The second kappa shape index (κ2) is 6.97. The van der Waals surface area contributed by atoms with E-state index in [0.717, 1.165) is 48.3 Å². The van der Waals surface area contributed by atoms with E-state index in [4.69, 9.17) is 0 Å². The highest BCUT2D eigenvalue weighted by Crippen LogP contribution is 2.27. The van der Waals surface area contributed by atoms with Crippen LogP contribution < -0.4 is 14.5 Å². The first-order valence-corrected chi connectivity index (χ1v) is 9.33. The third kappa shape index (κ3) is 3.59. The summed E-state index contributed by atoms with van der Waals surface area (Å²) in [5.74, 6) is -2.27. The molecule has 2 aromatic carbocycles. The molecule has 3 rings (SSSR count). The first-order chi connectivity index (χ1) is 11.9.